The number of nitrogens with zero attached hydrogens (tertiary/aromatic N) is 1. The molecule has 4 heteroatoms. The van der Waals surface area contributed by atoms with E-state index in [1.807, 2.05) is 23.1 Å². The van der Waals surface area contributed by atoms with Crippen LogP contribution in [0.4, 0.5) is 4.39 Å². The molecule has 1 heterocycles. The summed E-state index contributed by atoms with van der Waals surface area (Å²) < 4.78 is 12.9. The van der Waals surface area contributed by atoms with Crippen LogP contribution in [0.25, 0.3) is 0 Å². The molecule has 1 saturated heterocycles. The Hall–Kier alpha value is -1.81. The van der Waals surface area contributed by atoms with Gasteiger partial charge in [0.2, 0.25) is 5.91 Å². The first-order valence-corrected chi connectivity index (χ1v) is 8.45. The standard InChI is InChI=1S/C18H18FNOS/c19-15-8-10-16(11-9-15)22-13-18(21)20-12-4-7-17(20)14-5-2-1-3-6-14/h1-3,5-6,8-11,17H,4,7,12-13H2. The normalized spacial score (nSPS) is 17.7. The molecule has 22 heavy (non-hydrogen) atoms. The first-order chi connectivity index (χ1) is 10.7. The Bertz CT molecular complexity index is 629. The summed E-state index contributed by atoms with van der Waals surface area (Å²) in [5, 5.41) is 0. The van der Waals surface area contributed by atoms with Crippen molar-refractivity contribution in [3.8, 4) is 0 Å². The molecule has 1 aliphatic rings. The van der Waals surface area contributed by atoms with Crippen molar-refractivity contribution in [1.82, 2.24) is 4.90 Å². The zero-order valence-corrected chi connectivity index (χ0v) is 13.1. The number of amides is 1. The van der Waals surface area contributed by atoms with Crippen molar-refractivity contribution >= 4 is 17.7 Å². The molecule has 2 nitrogen and oxygen atoms in total. The molecule has 2 aromatic rings. The highest BCUT2D eigenvalue weighted by atomic mass is 32.2. The lowest BCUT2D eigenvalue weighted by molar-refractivity contribution is -0.129. The van der Waals surface area contributed by atoms with Crippen LogP contribution >= 0.6 is 11.8 Å². The van der Waals surface area contributed by atoms with Gasteiger partial charge in [-0.25, -0.2) is 4.39 Å². The molecule has 2 aromatic carbocycles. The third kappa shape index (κ3) is 3.50. The fourth-order valence-electron chi connectivity index (χ4n) is 2.85. The SMILES string of the molecule is O=C(CSc1ccc(F)cc1)N1CCCC1c1ccccc1. The Balaban J connectivity index is 1.62. The maximum absolute atomic E-state index is 12.9. The van der Waals surface area contributed by atoms with Crippen molar-refractivity contribution in [1.29, 1.82) is 0 Å². The molecule has 0 spiro atoms. The highest BCUT2D eigenvalue weighted by Gasteiger charge is 2.29. The summed E-state index contributed by atoms with van der Waals surface area (Å²) in [7, 11) is 0. The van der Waals surface area contributed by atoms with Gasteiger partial charge in [0.05, 0.1) is 11.8 Å². The van der Waals surface area contributed by atoms with Gasteiger partial charge in [0.25, 0.3) is 0 Å². The summed E-state index contributed by atoms with van der Waals surface area (Å²) in [4.78, 5) is 15.4. The number of benzene rings is 2. The number of hydrogen-bond donors (Lipinski definition) is 0. The Labute approximate surface area is 134 Å². The van der Waals surface area contributed by atoms with Gasteiger partial charge < -0.3 is 4.90 Å². The largest absolute Gasteiger partial charge is 0.335 e. The van der Waals surface area contributed by atoms with Gasteiger partial charge in [0.1, 0.15) is 5.82 Å². The van der Waals surface area contributed by atoms with Crippen LogP contribution in [0, 0.1) is 5.82 Å². The quantitative estimate of drug-likeness (QED) is 0.785. The van der Waals surface area contributed by atoms with Gasteiger partial charge in [-0.2, -0.15) is 0 Å². The average molecular weight is 315 g/mol. The van der Waals surface area contributed by atoms with Crippen LogP contribution in [0.2, 0.25) is 0 Å². The summed E-state index contributed by atoms with van der Waals surface area (Å²) >= 11 is 1.46. The molecular weight excluding hydrogens is 297 g/mol. The van der Waals surface area contributed by atoms with Crippen molar-refractivity contribution in [2.24, 2.45) is 0 Å². The van der Waals surface area contributed by atoms with E-state index in [2.05, 4.69) is 12.1 Å². The number of carbonyl (C=O) groups is 1. The van der Waals surface area contributed by atoms with E-state index in [1.165, 1.54) is 29.5 Å². The van der Waals surface area contributed by atoms with E-state index in [1.54, 1.807) is 12.1 Å². The van der Waals surface area contributed by atoms with Gasteiger partial charge >= 0.3 is 0 Å². The topological polar surface area (TPSA) is 20.3 Å². The first-order valence-electron chi connectivity index (χ1n) is 7.47. The van der Waals surface area contributed by atoms with Gasteiger partial charge in [-0.05, 0) is 42.7 Å². The number of halogens is 1. The number of thioether (sulfide) groups is 1. The number of likely N-dealkylation sites (tertiary alicyclic amines) is 1. The number of hydrogen-bond acceptors (Lipinski definition) is 2. The third-order valence-electron chi connectivity index (χ3n) is 3.93. The van der Waals surface area contributed by atoms with Gasteiger partial charge in [0, 0.05) is 11.4 Å². The van der Waals surface area contributed by atoms with Crippen molar-refractivity contribution in [2.45, 2.75) is 23.8 Å². The third-order valence-corrected chi connectivity index (χ3v) is 4.93. The van der Waals surface area contributed by atoms with Crippen LogP contribution in [-0.4, -0.2) is 23.1 Å². The first kappa shape index (κ1) is 15.1. The maximum Gasteiger partial charge on any atom is 0.233 e. The fourth-order valence-corrected chi connectivity index (χ4v) is 3.63. The van der Waals surface area contributed by atoms with Crippen molar-refractivity contribution in [2.75, 3.05) is 12.3 Å². The van der Waals surface area contributed by atoms with Crippen molar-refractivity contribution < 1.29 is 9.18 Å². The molecule has 0 aromatic heterocycles. The molecule has 1 aliphatic heterocycles. The van der Waals surface area contributed by atoms with Gasteiger partial charge in [-0.15, -0.1) is 11.8 Å². The average Bonchev–Trinajstić information content (AvgIpc) is 3.04. The molecular formula is C18H18FNOS. The van der Waals surface area contributed by atoms with Crippen LogP contribution in [0.3, 0.4) is 0 Å². The van der Waals surface area contributed by atoms with E-state index in [-0.39, 0.29) is 17.8 Å². The van der Waals surface area contributed by atoms with E-state index in [0.717, 1.165) is 24.3 Å². The molecule has 0 aliphatic carbocycles. The van der Waals surface area contributed by atoms with Crippen LogP contribution in [0.5, 0.6) is 0 Å². The number of carbonyl (C=O) groups excluding carboxylic acids is 1. The highest BCUT2D eigenvalue weighted by molar-refractivity contribution is 8.00. The van der Waals surface area contributed by atoms with Crippen LogP contribution in [0.1, 0.15) is 24.4 Å². The minimum Gasteiger partial charge on any atom is -0.335 e. The van der Waals surface area contributed by atoms with E-state index in [9.17, 15) is 9.18 Å². The fraction of sp³-hybridized carbons (Fsp3) is 0.278. The zero-order chi connectivity index (χ0) is 15.4. The van der Waals surface area contributed by atoms with Crippen molar-refractivity contribution in [3.05, 3.63) is 66.0 Å². The molecule has 0 saturated carbocycles. The Kier molecular flexibility index (Phi) is 4.78. The highest BCUT2D eigenvalue weighted by Crippen LogP contribution is 2.32. The smallest absolute Gasteiger partial charge is 0.233 e. The zero-order valence-electron chi connectivity index (χ0n) is 12.2. The lowest BCUT2D eigenvalue weighted by Crippen LogP contribution is -2.31. The van der Waals surface area contributed by atoms with E-state index < -0.39 is 0 Å². The molecule has 1 amide bonds. The molecule has 0 N–H and O–H groups in total. The monoisotopic (exact) mass is 315 g/mol. The summed E-state index contributed by atoms with van der Waals surface area (Å²) in [6.07, 6.45) is 2.07. The summed E-state index contributed by atoms with van der Waals surface area (Å²) in [6.45, 7) is 0.822. The second-order valence-electron chi connectivity index (χ2n) is 5.40. The predicted octanol–water partition coefficient (Wildman–Crippen LogP) is 4.28. The molecule has 1 atom stereocenters. The lowest BCUT2D eigenvalue weighted by Gasteiger charge is -2.25. The second-order valence-corrected chi connectivity index (χ2v) is 6.45. The molecule has 0 bridgehead atoms. The van der Waals surface area contributed by atoms with Crippen molar-refractivity contribution in [3.63, 3.8) is 0 Å². The maximum atomic E-state index is 12.9. The van der Waals surface area contributed by atoms with Gasteiger partial charge in [-0.3, -0.25) is 4.79 Å². The second kappa shape index (κ2) is 6.97. The Morgan fingerprint density at radius 2 is 1.86 bits per heavy atom. The van der Waals surface area contributed by atoms with E-state index >= 15 is 0 Å². The predicted molar refractivity (Wildman–Crippen MR) is 87.3 cm³/mol. The Morgan fingerprint density at radius 3 is 2.59 bits per heavy atom. The summed E-state index contributed by atoms with van der Waals surface area (Å²) in [6, 6.07) is 16.7. The number of rotatable bonds is 4. The summed E-state index contributed by atoms with van der Waals surface area (Å²) in [5.74, 6) is 0.301. The summed E-state index contributed by atoms with van der Waals surface area (Å²) in [5.41, 5.74) is 1.21. The minimum atomic E-state index is -0.251. The van der Waals surface area contributed by atoms with E-state index in [4.69, 9.17) is 0 Å². The van der Waals surface area contributed by atoms with Crippen LogP contribution in [0.15, 0.2) is 59.5 Å². The minimum absolute atomic E-state index is 0.153. The van der Waals surface area contributed by atoms with Gasteiger partial charge in [0.15, 0.2) is 0 Å². The van der Waals surface area contributed by atoms with Gasteiger partial charge in [-0.1, -0.05) is 30.3 Å². The van der Waals surface area contributed by atoms with Crippen LogP contribution < -0.4 is 0 Å². The lowest BCUT2D eigenvalue weighted by atomic mass is 10.0. The molecule has 114 valence electrons. The Morgan fingerprint density at radius 1 is 1.14 bits per heavy atom. The molecule has 1 unspecified atom stereocenters. The molecule has 1 fully saturated rings. The van der Waals surface area contributed by atoms with Crippen LogP contribution in [-0.2, 0) is 4.79 Å². The van der Waals surface area contributed by atoms with E-state index in [0.29, 0.717) is 5.75 Å². The molecule has 0 radical (unpaired) electrons. The molecule has 3 rings (SSSR count).